The van der Waals surface area contributed by atoms with E-state index in [0.717, 1.165) is 28.1 Å². The maximum absolute atomic E-state index is 6.20. The summed E-state index contributed by atoms with van der Waals surface area (Å²) in [6.07, 6.45) is 0. The summed E-state index contributed by atoms with van der Waals surface area (Å²) in [4.78, 5) is 0. The Kier molecular flexibility index (Phi) is 4.33. The lowest BCUT2D eigenvalue weighted by atomic mass is 9.95. The molecule has 0 saturated heterocycles. The Balaban J connectivity index is 2.24. The fraction of sp³-hybridized carbons (Fsp3) is 0.375. The molecule has 102 valence electrons. The number of hydrogen-bond acceptors (Lipinski definition) is 2. The highest BCUT2D eigenvalue weighted by Crippen LogP contribution is 2.32. The first-order valence-corrected chi connectivity index (χ1v) is 6.86. The van der Waals surface area contributed by atoms with Crippen molar-refractivity contribution in [3.8, 4) is 5.75 Å². The zero-order chi connectivity index (χ0) is 13.9. The molecular weight excluding hydrogens is 258 g/mol. The van der Waals surface area contributed by atoms with Crippen molar-refractivity contribution in [2.24, 2.45) is 5.41 Å². The smallest absolute Gasteiger partial charge is 0.127 e. The average molecular weight is 278 g/mol. The van der Waals surface area contributed by atoms with Crippen molar-refractivity contribution in [3.63, 3.8) is 0 Å². The summed E-state index contributed by atoms with van der Waals surface area (Å²) in [5.74, 6) is 0.893. The van der Waals surface area contributed by atoms with E-state index >= 15 is 0 Å². The second-order valence-corrected chi connectivity index (χ2v) is 5.98. The lowest BCUT2D eigenvalue weighted by Crippen LogP contribution is -2.32. The minimum atomic E-state index is 0.0927. The maximum Gasteiger partial charge on any atom is 0.127 e. The molecule has 2 aromatic carbocycles. The van der Waals surface area contributed by atoms with Gasteiger partial charge in [-0.1, -0.05) is 49.7 Å². The van der Waals surface area contributed by atoms with Crippen molar-refractivity contribution in [2.75, 3.05) is 20.2 Å². The number of fused-ring (bicyclic) bond motifs is 1. The summed E-state index contributed by atoms with van der Waals surface area (Å²) in [5, 5.41) is 6.05. The highest BCUT2D eigenvalue weighted by molar-refractivity contribution is 6.35. The first-order chi connectivity index (χ1) is 9.03. The third-order valence-electron chi connectivity index (χ3n) is 3.10. The second kappa shape index (κ2) is 5.81. The van der Waals surface area contributed by atoms with Gasteiger partial charge >= 0.3 is 0 Å². The highest BCUT2D eigenvalue weighted by Gasteiger charge is 2.18. The van der Waals surface area contributed by atoms with E-state index in [2.05, 4.69) is 19.2 Å². The van der Waals surface area contributed by atoms with Crippen molar-refractivity contribution in [1.29, 1.82) is 0 Å². The molecule has 0 fully saturated rings. The number of hydrogen-bond donors (Lipinski definition) is 1. The van der Waals surface area contributed by atoms with E-state index < -0.39 is 0 Å². The maximum atomic E-state index is 6.20. The zero-order valence-corrected chi connectivity index (χ0v) is 12.4. The van der Waals surface area contributed by atoms with Crippen LogP contribution in [-0.4, -0.2) is 20.2 Å². The van der Waals surface area contributed by atoms with Gasteiger partial charge in [0.15, 0.2) is 0 Å². The number of benzene rings is 2. The van der Waals surface area contributed by atoms with Crippen LogP contribution in [0.25, 0.3) is 10.8 Å². The van der Waals surface area contributed by atoms with Crippen LogP contribution in [0, 0.1) is 5.41 Å². The molecule has 0 aliphatic carbocycles. The molecule has 0 bridgehead atoms. The van der Waals surface area contributed by atoms with Gasteiger partial charge in [0.05, 0.1) is 6.61 Å². The monoisotopic (exact) mass is 277 g/mol. The number of halogens is 1. The van der Waals surface area contributed by atoms with Gasteiger partial charge in [-0.05, 0) is 19.2 Å². The van der Waals surface area contributed by atoms with Gasteiger partial charge in [0.25, 0.3) is 0 Å². The van der Waals surface area contributed by atoms with Gasteiger partial charge in [-0.15, -0.1) is 0 Å². The minimum absolute atomic E-state index is 0.0927. The van der Waals surface area contributed by atoms with Crippen LogP contribution in [0.2, 0.25) is 5.02 Å². The summed E-state index contributed by atoms with van der Waals surface area (Å²) in [6, 6.07) is 11.9. The minimum Gasteiger partial charge on any atom is -0.492 e. The Bertz CT molecular complexity index is 566. The van der Waals surface area contributed by atoms with Gasteiger partial charge in [-0.25, -0.2) is 0 Å². The van der Waals surface area contributed by atoms with Gasteiger partial charge in [0.2, 0.25) is 0 Å². The molecule has 0 aliphatic heterocycles. The molecule has 2 rings (SSSR count). The first kappa shape index (κ1) is 14.2. The highest BCUT2D eigenvalue weighted by atomic mass is 35.5. The van der Waals surface area contributed by atoms with Crippen LogP contribution in [0.3, 0.4) is 0 Å². The van der Waals surface area contributed by atoms with Crippen LogP contribution in [-0.2, 0) is 0 Å². The molecule has 3 heteroatoms. The third kappa shape index (κ3) is 3.40. The van der Waals surface area contributed by atoms with Crippen LogP contribution in [0.5, 0.6) is 5.75 Å². The van der Waals surface area contributed by atoms with Crippen LogP contribution >= 0.6 is 11.6 Å². The van der Waals surface area contributed by atoms with Crippen molar-refractivity contribution < 1.29 is 4.74 Å². The van der Waals surface area contributed by atoms with Gasteiger partial charge in [0.1, 0.15) is 5.75 Å². The average Bonchev–Trinajstić information content (AvgIpc) is 2.38. The molecule has 0 unspecified atom stereocenters. The fourth-order valence-electron chi connectivity index (χ4n) is 2.16. The van der Waals surface area contributed by atoms with Crippen LogP contribution in [0.15, 0.2) is 36.4 Å². The number of ether oxygens (including phenoxy) is 1. The second-order valence-electron chi connectivity index (χ2n) is 5.57. The van der Waals surface area contributed by atoms with E-state index in [-0.39, 0.29) is 5.41 Å². The van der Waals surface area contributed by atoms with Gasteiger partial charge < -0.3 is 10.1 Å². The largest absolute Gasteiger partial charge is 0.492 e. The number of nitrogens with one attached hydrogen (secondary N) is 1. The predicted molar refractivity (Wildman–Crippen MR) is 82.2 cm³/mol. The molecule has 0 aliphatic rings. The Morgan fingerprint density at radius 2 is 1.79 bits per heavy atom. The molecule has 0 atom stereocenters. The third-order valence-corrected chi connectivity index (χ3v) is 3.43. The predicted octanol–water partition coefficient (Wildman–Crippen LogP) is 4.12. The molecule has 0 amide bonds. The number of rotatable bonds is 5. The van der Waals surface area contributed by atoms with E-state index in [0.29, 0.717) is 6.61 Å². The standard InChI is InChI=1S/C16H20ClNO/c1-16(2,10-18-3)11-19-15-9-8-14(17)12-6-4-5-7-13(12)15/h4-9,18H,10-11H2,1-3H3. The van der Waals surface area contributed by atoms with E-state index in [9.17, 15) is 0 Å². The van der Waals surface area contributed by atoms with E-state index in [1.807, 2.05) is 43.4 Å². The Hall–Kier alpha value is -1.25. The summed E-state index contributed by atoms with van der Waals surface area (Å²) in [7, 11) is 1.96. The SMILES string of the molecule is CNCC(C)(C)COc1ccc(Cl)c2ccccc12. The molecule has 0 aromatic heterocycles. The van der Waals surface area contributed by atoms with Gasteiger partial charge in [-0.3, -0.25) is 0 Å². The summed E-state index contributed by atoms with van der Waals surface area (Å²) >= 11 is 6.20. The van der Waals surface area contributed by atoms with E-state index in [4.69, 9.17) is 16.3 Å². The Morgan fingerprint density at radius 3 is 2.47 bits per heavy atom. The molecule has 1 N–H and O–H groups in total. The van der Waals surface area contributed by atoms with Crippen LogP contribution in [0.4, 0.5) is 0 Å². The van der Waals surface area contributed by atoms with Crippen LogP contribution in [0.1, 0.15) is 13.8 Å². The van der Waals surface area contributed by atoms with E-state index in [1.54, 1.807) is 0 Å². The van der Waals surface area contributed by atoms with Crippen molar-refractivity contribution >= 4 is 22.4 Å². The van der Waals surface area contributed by atoms with Gasteiger partial charge in [0, 0.05) is 27.8 Å². The van der Waals surface area contributed by atoms with Crippen LogP contribution < -0.4 is 10.1 Å². The summed E-state index contributed by atoms with van der Waals surface area (Å²) < 4.78 is 5.99. The fourth-order valence-corrected chi connectivity index (χ4v) is 2.39. The quantitative estimate of drug-likeness (QED) is 0.888. The van der Waals surface area contributed by atoms with Gasteiger partial charge in [-0.2, -0.15) is 0 Å². The molecule has 0 saturated carbocycles. The van der Waals surface area contributed by atoms with Crippen molar-refractivity contribution in [1.82, 2.24) is 5.32 Å². The van der Waals surface area contributed by atoms with Crippen molar-refractivity contribution in [3.05, 3.63) is 41.4 Å². The Labute approximate surface area is 119 Å². The Morgan fingerprint density at radius 1 is 1.11 bits per heavy atom. The first-order valence-electron chi connectivity index (χ1n) is 6.48. The summed E-state index contributed by atoms with van der Waals surface area (Å²) in [6.45, 7) is 5.95. The molecule has 2 aromatic rings. The molecular formula is C16H20ClNO. The topological polar surface area (TPSA) is 21.3 Å². The lowest BCUT2D eigenvalue weighted by Gasteiger charge is -2.24. The normalized spacial score (nSPS) is 11.8. The molecule has 2 nitrogen and oxygen atoms in total. The van der Waals surface area contributed by atoms with Crippen molar-refractivity contribution in [2.45, 2.75) is 13.8 Å². The zero-order valence-electron chi connectivity index (χ0n) is 11.7. The molecule has 19 heavy (non-hydrogen) atoms. The van der Waals surface area contributed by atoms with E-state index in [1.165, 1.54) is 0 Å². The molecule has 0 heterocycles. The summed E-state index contributed by atoms with van der Waals surface area (Å²) in [5.41, 5.74) is 0.0927. The molecule has 0 radical (unpaired) electrons. The molecule has 0 spiro atoms. The lowest BCUT2D eigenvalue weighted by molar-refractivity contribution is 0.181.